The zero-order chi connectivity index (χ0) is 19.6. The fourth-order valence-electron chi connectivity index (χ4n) is 2.66. The topological polar surface area (TPSA) is 111 Å². The van der Waals surface area contributed by atoms with Gasteiger partial charge in [0.2, 0.25) is 0 Å². The molecular weight excluding hydrogens is 346 g/mol. The van der Waals surface area contributed by atoms with Crippen molar-refractivity contribution in [2.45, 2.75) is 38.7 Å². The summed E-state index contributed by atoms with van der Waals surface area (Å²) < 4.78 is 5.20. The van der Waals surface area contributed by atoms with Gasteiger partial charge in [0.05, 0.1) is 0 Å². The number of hydrogen-bond donors (Lipinski definition) is 3. The standard InChI is InChI=1S/C20H25N3O4/c1-14(27-18(24)12-3-2-6-13-22-20(21)26)19(25)23-17-11-7-9-15-8-4-5-10-16(15)17/h4-5,7-11,14H,2-3,6,12-13H2,1H3,(H,23,25)(H3,21,22,26)/t14-/m0/s1. The van der Waals surface area contributed by atoms with Crippen LogP contribution in [0.3, 0.4) is 0 Å². The highest BCUT2D eigenvalue weighted by atomic mass is 16.5. The molecule has 2 aromatic rings. The molecule has 3 amide bonds. The van der Waals surface area contributed by atoms with Crippen LogP contribution in [0.25, 0.3) is 10.8 Å². The minimum absolute atomic E-state index is 0.225. The van der Waals surface area contributed by atoms with Gasteiger partial charge in [-0.25, -0.2) is 4.79 Å². The number of hydrogen-bond acceptors (Lipinski definition) is 4. The maximum atomic E-state index is 12.3. The third-order valence-corrected chi connectivity index (χ3v) is 4.08. The number of esters is 1. The number of ether oxygens (including phenoxy) is 1. The Kier molecular flexibility index (Phi) is 7.61. The van der Waals surface area contributed by atoms with Gasteiger partial charge < -0.3 is 21.1 Å². The van der Waals surface area contributed by atoms with E-state index in [4.69, 9.17) is 10.5 Å². The first-order chi connectivity index (χ1) is 13.0. The summed E-state index contributed by atoms with van der Waals surface area (Å²) in [6.07, 6.45) is 1.45. The van der Waals surface area contributed by atoms with Crippen LogP contribution in [0.15, 0.2) is 42.5 Å². The highest BCUT2D eigenvalue weighted by Crippen LogP contribution is 2.23. The molecule has 0 radical (unpaired) electrons. The molecule has 0 aromatic heterocycles. The molecule has 0 unspecified atom stereocenters. The van der Waals surface area contributed by atoms with Crippen molar-refractivity contribution in [2.24, 2.45) is 5.73 Å². The number of urea groups is 1. The number of benzene rings is 2. The van der Waals surface area contributed by atoms with E-state index >= 15 is 0 Å². The normalized spacial score (nSPS) is 11.6. The van der Waals surface area contributed by atoms with Crippen LogP contribution in [0.2, 0.25) is 0 Å². The summed E-state index contributed by atoms with van der Waals surface area (Å²) in [6.45, 7) is 2.03. The van der Waals surface area contributed by atoms with Gasteiger partial charge in [-0.2, -0.15) is 0 Å². The third kappa shape index (κ3) is 6.62. The molecule has 27 heavy (non-hydrogen) atoms. The predicted molar refractivity (Wildman–Crippen MR) is 104 cm³/mol. The predicted octanol–water partition coefficient (Wildman–Crippen LogP) is 2.94. The van der Waals surface area contributed by atoms with E-state index < -0.39 is 18.1 Å². The number of anilines is 1. The van der Waals surface area contributed by atoms with Gasteiger partial charge in [0, 0.05) is 24.0 Å². The number of carbonyl (C=O) groups is 3. The molecule has 0 spiro atoms. The molecular formula is C20H25N3O4. The highest BCUT2D eigenvalue weighted by molar-refractivity contribution is 6.03. The SMILES string of the molecule is C[C@H](OC(=O)CCCCCNC(N)=O)C(=O)Nc1cccc2ccccc12. The summed E-state index contributed by atoms with van der Waals surface area (Å²) >= 11 is 0. The van der Waals surface area contributed by atoms with E-state index in [1.165, 1.54) is 0 Å². The zero-order valence-corrected chi connectivity index (χ0v) is 15.4. The largest absolute Gasteiger partial charge is 0.453 e. The Bertz CT molecular complexity index is 801. The average Bonchev–Trinajstić information content (AvgIpc) is 2.64. The van der Waals surface area contributed by atoms with Crippen molar-refractivity contribution < 1.29 is 19.1 Å². The molecule has 0 aliphatic carbocycles. The van der Waals surface area contributed by atoms with E-state index in [2.05, 4.69) is 10.6 Å². The Morgan fingerprint density at radius 2 is 1.78 bits per heavy atom. The number of unbranched alkanes of at least 4 members (excludes halogenated alkanes) is 2. The molecule has 4 N–H and O–H groups in total. The maximum absolute atomic E-state index is 12.3. The second-order valence-corrected chi connectivity index (χ2v) is 6.25. The minimum Gasteiger partial charge on any atom is -0.453 e. The number of rotatable bonds is 9. The average molecular weight is 371 g/mol. The number of nitrogens with one attached hydrogen (secondary N) is 2. The van der Waals surface area contributed by atoms with Crippen LogP contribution in [0.4, 0.5) is 10.5 Å². The van der Waals surface area contributed by atoms with Crippen LogP contribution >= 0.6 is 0 Å². The lowest BCUT2D eigenvalue weighted by Crippen LogP contribution is -2.30. The lowest BCUT2D eigenvalue weighted by molar-refractivity contribution is -0.153. The maximum Gasteiger partial charge on any atom is 0.312 e. The summed E-state index contributed by atoms with van der Waals surface area (Å²) in [5.41, 5.74) is 5.65. The van der Waals surface area contributed by atoms with Gasteiger partial charge in [-0.15, -0.1) is 0 Å². The van der Waals surface area contributed by atoms with Gasteiger partial charge in [0.25, 0.3) is 5.91 Å². The molecule has 0 fully saturated rings. The summed E-state index contributed by atoms with van der Waals surface area (Å²) in [6, 6.07) is 12.8. The van der Waals surface area contributed by atoms with E-state index in [1.54, 1.807) is 6.92 Å². The van der Waals surface area contributed by atoms with Crippen molar-refractivity contribution >= 4 is 34.4 Å². The first-order valence-electron chi connectivity index (χ1n) is 8.99. The Morgan fingerprint density at radius 3 is 2.56 bits per heavy atom. The Hall–Kier alpha value is -3.09. The summed E-state index contributed by atoms with van der Waals surface area (Å²) in [5.74, 6) is -0.788. The molecule has 0 saturated heterocycles. The molecule has 0 bridgehead atoms. The van der Waals surface area contributed by atoms with Gasteiger partial charge >= 0.3 is 12.0 Å². The summed E-state index contributed by atoms with van der Waals surface area (Å²) in [4.78, 5) is 34.7. The van der Waals surface area contributed by atoms with E-state index in [9.17, 15) is 14.4 Å². The molecule has 7 nitrogen and oxygen atoms in total. The number of nitrogens with two attached hydrogens (primary N) is 1. The van der Waals surface area contributed by atoms with Crippen LogP contribution < -0.4 is 16.4 Å². The van der Waals surface area contributed by atoms with Gasteiger partial charge in [-0.3, -0.25) is 9.59 Å². The van der Waals surface area contributed by atoms with Crippen LogP contribution in [0.1, 0.15) is 32.6 Å². The van der Waals surface area contributed by atoms with E-state index in [0.717, 1.165) is 23.6 Å². The first-order valence-corrected chi connectivity index (χ1v) is 8.99. The van der Waals surface area contributed by atoms with Gasteiger partial charge in [0.1, 0.15) is 0 Å². The Labute approximate surface area is 158 Å². The second-order valence-electron chi connectivity index (χ2n) is 6.25. The van der Waals surface area contributed by atoms with Crippen molar-refractivity contribution in [3.8, 4) is 0 Å². The second kappa shape index (κ2) is 10.2. The van der Waals surface area contributed by atoms with Crippen LogP contribution in [0, 0.1) is 0 Å². The quantitative estimate of drug-likeness (QED) is 0.465. The van der Waals surface area contributed by atoms with Crippen LogP contribution in [-0.4, -0.2) is 30.6 Å². The number of carbonyl (C=O) groups excluding carboxylic acids is 3. The molecule has 0 aliphatic heterocycles. The van der Waals surface area contributed by atoms with Crippen LogP contribution in [0.5, 0.6) is 0 Å². The van der Waals surface area contributed by atoms with E-state index in [0.29, 0.717) is 18.7 Å². The van der Waals surface area contributed by atoms with Crippen molar-refractivity contribution in [3.63, 3.8) is 0 Å². The number of fused-ring (bicyclic) bond motifs is 1. The first kappa shape index (κ1) is 20.2. The van der Waals surface area contributed by atoms with Crippen molar-refractivity contribution in [1.29, 1.82) is 0 Å². The molecule has 0 aliphatic rings. The minimum atomic E-state index is -0.881. The zero-order valence-electron chi connectivity index (χ0n) is 15.4. The van der Waals surface area contributed by atoms with Gasteiger partial charge in [-0.1, -0.05) is 42.8 Å². The van der Waals surface area contributed by atoms with Gasteiger partial charge in [-0.05, 0) is 31.2 Å². The monoisotopic (exact) mass is 371 g/mol. The molecule has 1 atom stereocenters. The smallest absolute Gasteiger partial charge is 0.312 e. The molecule has 144 valence electrons. The number of amides is 3. The Balaban J connectivity index is 1.76. The van der Waals surface area contributed by atoms with Crippen LogP contribution in [-0.2, 0) is 14.3 Å². The number of primary amides is 1. The molecule has 0 heterocycles. The fraction of sp³-hybridized carbons (Fsp3) is 0.350. The summed E-state index contributed by atoms with van der Waals surface area (Å²) in [7, 11) is 0. The van der Waals surface area contributed by atoms with Crippen molar-refractivity contribution in [1.82, 2.24) is 5.32 Å². The van der Waals surface area contributed by atoms with Gasteiger partial charge in [0.15, 0.2) is 6.10 Å². The third-order valence-electron chi connectivity index (χ3n) is 4.08. The lowest BCUT2D eigenvalue weighted by Gasteiger charge is -2.14. The fourth-order valence-corrected chi connectivity index (χ4v) is 2.66. The van der Waals surface area contributed by atoms with E-state index in [-0.39, 0.29) is 12.3 Å². The van der Waals surface area contributed by atoms with Crippen molar-refractivity contribution in [2.75, 3.05) is 11.9 Å². The highest BCUT2D eigenvalue weighted by Gasteiger charge is 2.18. The molecule has 7 heteroatoms. The lowest BCUT2D eigenvalue weighted by atomic mass is 10.1. The van der Waals surface area contributed by atoms with E-state index in [1.807, 2.05) is 42.5 Å². The Morgan fingerprint density at radius 1 is 1.04 bits per heavy atom. The molecule has 2 rings (SSSR count). The molecule has 2 aromatic carbocycles. The molecule has 0 saturated carbocycles. The van der Waals surface area contributed by atoms with Crippen molar-refractivity contribution in [3.05, 3.63) is 42.5 Å². The summed E-state index contributed by atoms with van der Waals surface area (Å²) in [5, 5.41) is 7.25.